The molecule has 1 amide bonds. The lowest BCUT2D eigenvalue weighted by Crippen LogP contribution is -2.38. The van der Waals surface area contributed by atoms with Crippen LogP contribution in [0.2, 0.25) is 0 Å². The van der Waals surface area contributed by atoms with Gasteiger partial charge in [-0.25, -0.2) is 4.98 Å². The molecule has 3 rings (SSSR count). The Bertz CT molecular complexity index is 1320. The quantitative estimate of drug-likeness (QED) is 0.176. The third-order valence-corrected chi connectivity index (χ3v) is 4.04. The molecule has 0 aliphatic rings. The number of guanidine groups is 1. The predicted molar refractivity (Wildman–Crippen MR) is 130 cm³/mol. The van der Waals surface area contributed by atoms with Gasteiger partial charge in [-0.2, -0.15) is 16.8 Å². The van der Waals surface area contributed by atoms with Crippen LogP contribution in [0.5, 0.6) is 5.75 Å². The Labute approximate surface area is 202 Å². The molecule has 2 heterocycles. The van der Waals surface area contributed by atoms with Crippen LogP contribution in [0.4, 0.5) is 0 Å². The third kappa shape index (κ3) is 11.5. The molecule has 16 heteroatoms. The van der Waals surface area contributed by atoms with Gasteiger partial charge in [0.05, 0.1) is 30.9 Å². The zero-order valence-electron chi connectivity index (χ0n) is 19.5. The molecule has 3 aromatic rings. The minimum absolute atomic E-state index is 0.308. The highest BCUT2D eigenvalue weighted by Crippen LogP contribution is 2.29. The van der Waals surface area contributed by atoms with Crippen LogP contribution in [0, 0.1) is 12.3 Å². The minimum Gasteiger partial charge on any atom is -0.490 e. The van der Waals surface area contributed by atoms with Gasteiger partial charge >= 0.3 is 0 Å². The maximum absolute atomic E-state index is 12.4. The van der Waals surface area contributed by atoms with E-state index in [1.165, 1.54) is 7.05 Å². The van der Waals surface area contributed by atoms with Crippen molar-refractivity contribution in [2.75, 3.05) is 26.2 Å². The Balaban J connectivity index is 0.000000519. The summed E-state index contributed by atoms with van der Waals surface area (Å²) in [5.41, 5.74) is 7.53. The second-order valence-electron chi connectivity index (χ2n) is 7.22. The average molecular weight is 533 g/mol. The molecule has 0 spiro atoms. The highest BCUT2D eigenvalue weighted by molar-refractivity contribution is 7.85. The summed E-state index contributed by atoms with van der Waals surface area (Å²) in [6.45, 7) is 3.12. The molecule has 0 fully saturated rings. The van der Waals surface area contributed by atoms with Crippen molar-refractivity contribution in [2.45, 2.75) is 13.5 Å². The number of hydrogen-bond donors (Lipinski definition) is 5. The molecule has 0 bridgehead atoms. The molecule has 1 aromatic carbocycles. The number of rotatable bonds is 5. The van der Waals surface area contributed by atoms with E-state index in [1.54, 1.807) is 18.6 Å². The Morgan fingerprint density at radius 2 is 1.80 bits per heavy atom. The van der Waals surface area contributed by atoms with Gasteiger partial charge in [0.1, 0.15) is 18.1 Å². The maximum Gasteiger partial charge on any atom is 0.276 e. The normalized spacial score (nSPS) is 11.0. The van der Waals surface area contributed by atoms with Gasteiger partial charge in [0.15, 0.2) is 5.96 Å². The lowest BCUT2D eigenvalue weighted by Gasteiger charge is -2.12. The fourth-order valence-corrected chi connectivity index (χ4v) is 2.54. The molecule has 6 N–H and O–H groups in total. The van der Waals surface area contributed by atoms with Crippen molar-refractivity contribution in [1.29, 1.82) is 5.41 Å². The fourth-order valence-electron chi connectivity index (χ4n) is 2.54. The van der Waals surface area contributed by atoms with Crippen LogP contribution >= 0.6 is 0 Å². The Kier molecular flexibility index (Phi) is 10.4. The summed E-state index contributed by atoms with van der Waals surface area (Å²) in [5, 5.41) is 8.30. The molecule has 0 atom stereocenters. The summed E-state index contributed by atoms with van der Waals surface area (Å²) in [5.74, 6) is -0.00473. The first kappa shape index (κ1) is 29.6. The van der Waals surface area contributed by atoms with Crippen molar-refractivity contribution in [3.63, 3.8) is 0 Å². The van der Waals surface area contributed by atoms with Gasteiger partial charge in [-0.05, 0) is 24.6 Å². The molecule has 35 heavy (non-hydrogen) atoms. The number of hydrogen-bond acceptors (Lipinski definition) is 8. The first-order valence-corrected chi connectivity index (χ1v) is 13.3. The van der Waals surface area contributed by atoms with Crippen molar-refractivity contribution in [2.24, 2.45) is 5.73 Å². The van der Waals surface area contributed by atoms with Crippen LogP contribution in [-0.2, 0) is 26.8 Å². The number of aromatic amines is 1. The largest absolute Gasteiger partial charge is 0.490 e. The highest BCUT2D eigenvalue weighted by Gasteiger charge is 2.18. The number of aromatic nitrogens is 3. The number of imidazole rings is 1. The summed E-state index contributed by atoms with van der Waals surface area (Å²) in [7, 11) is -5.87. The summed E-state index contributed by atoms with van der Waals surface area (Å²) >= 11 is 0. The number of nitrogens with one attached hydrogen (secondary N) is 2. The van der Waals surface area contributed by atoms with Crippen LogP contribution in [0.1, 0.15) is 16.1 Å². The van der Waals surface area contributed by atoms with Crippen LogP contribution in [0.15, 0.2) is 36.9 Å². The smallest absolute Gasteiger partial charge is 0.276 e. The maximum atomic E-state index is 12.4. The molecule has 2 aromatic heterocycles. The van der Waals surface area contributed by atoms with E-state index in [2.05, 4.69) is 9.97 Å². The van der Waals surface area contributed by atoms with Crippen molar-refractivity contribution in [3.8, 4) is 5.75 Å². The number of amides is 1. The van der Waals surface area contributed by atoms with Gasteiger partial charge in [0, 0.05) is 24.8 Å². The number of benzene rings is 1. The number of carbonyl (C=O) groups excluding carboxylic acids is 1. The lowest BCUT2D eigenvalue weighted by atomic mass is 10.1. The predicted octanol–water partition coefficient (Wildman–Crippen LogP) is 0.725. The van der Waals surface area contributed by atoms with Crippen molar-refractivity contribution < 1.29 is 35.5 Å². The second kappa shape index (κ2) is 12.3. The molecule has 0 saturated heterocycles. The Hall–Kier alpha value is -3.47. The van der Waals surface area contributed by atoms with E-state index in [0.29, 0.717) is 37.1 Å². The van der Waals surface area contributed by atoms with E-state index in [9.17, 15) is 21.6 Å². The molecule has 0 radical (unpaired) electrons. The lowest BCUT2D eigenvalue weighted by molar-refractivity contribution is 0.0864. The third-order valence-electron chi connectivity index (χ3n) is 4.04. The number of fused-ring (bicyclic) bond motifs is 1. The van der Waals surface area contributed by atoms with Gasteiger partial charge in [-0.3, -0.25) is 24.2 Å². The molecular weight excluding hydrogens is 504 g/mol. The van der Waals surface area contributed by atoms with Gasteiger partial charge in [-0.1, -0.05) is 6.07 Å². The number of carbonyl (C=O) groups is 1. The summed E-state index contributed by atoms with van der Waals surface area (Å²) in [6, 6.07) is 5.59. The van der Waals surface area contributed by atoms with E-state index in [0.717, 1.165) is 21.4 Å². The molecule has 194 valence electrons. The van der Waals surface area contributed by atoms with Gasteiger partial charge in [0.25, 0.3) is 26.1 Å². The molecular formula is C19H28N6O8S2. The zero-order valence-corrected chi connectivity index (χ0v) is 21.1. The first-order valence-electron chi connectivity index (χ1n) is 9.65. The van der Waals surface area contributed by atoms with Crippen molar-refractivity contribution >= 4 is 43.0 Å². The van der Waals surface area contributed by atoms with Crippen molar-refractivity contribution in [1.82, 2.24) is 19.4 Å². The van der Waals surface area contributed by atoms with E-state index in [-0.39, 0.29) is 11.9 Å². The van der Waals surface area contributed by atoms with Crippen molar-refractivity contribution in [3.05, 3.63) is 48.2 Å². The number of nitrogens with two attached hydrogens (primary N) is 1. The highest BCUT2D eigenvalue weighted by atomic mass is 32.2. The molecule has 14 nitrogen and oxygen atoms in total. The zero-order chi connectivity index (χ0) is 27.0. The monoisotopic (exact) mass is 532 g/mol. The fraction of sp³-hybridized carbons (Fsp3) is 0.316. The summed E-state index contributed by atoms with van der Waals surface area (Å²) in [4.78, 5) is 20.5. The Morgan fingerprint density at radius 3 is 2.29 bits per heavy atom. The van der Waals surface area contributed by atoms with Crippen LogP contribution in [0.25, 0.3) is 10.9 Å². The number of ether oxygens (including phenoxy) is 1. The van der Waals surface area contributed by atoms with Crippen LogP contribution in [-0.4, -0.2) is 83.4 Å². The van der Waals surface area contributed by atoms with E-state index < -0.39 is 20.2 Å². The van der Waals surface area contributed by atoms with Crippen LogP contribution < -0.4 is 10.5 Å². The Morgan fingerprint density at radius 1 is 1.23 bits per heavy atom. The molecule has 0 aliphatic heterocycles. The second-order valence-corrected chi connectivity index (χ2v) is 10.1. The SMILES string of the molecule is CS(=O)(=O)O.CS(=O)(=O)O.Cc1ccc(OCCn2ccnc2)c2[nH]c(C(=O)N(C)C(=N)N)cc12. The molecule has 0 aliphatic carbocycles. The van der Waals surface area contributed by atoms with Crippen LogP contribution in [0.3, 0.4) is 0 Å². The first-order chi connectivity index (χ1) is 16.0. The molecule has 0 unspecified atom stereocenters. The van der Waals surface area contributed by atoms with E-state index in [1.807, 2.05) is 29.8 Å². The number of nitrogens with zero attached hydrogens (tertiary/aromatic N) is 3. The number of H-pyrrole nitrogens is 1. The average Bonchev–Trinajstić information content (AvgIpc) is 3.36. The van der Waals surface area contributed by atoms with Gasteiger partial charge < -0.3 is 20.0 Å². The van der Waals surface area contributed by atoms with Gasteiger partial charge in [0.2, 0.25) is 0 Å². The summed E-state index contributed by atoms with van der Waals surface area (Å²) in [6.07, 6.45) is 6.76. The molecule has 0 saturated carbocycles. The summed E-state index contributed by atoms with van der Waals surface area (Å²) < 4.78 is 59.5. The topological polar surface area (TPSA) is 222 Å². The minimum atomic E-state index is -3.67. The number of aryl methyl sites for hydroxylation is 1. The van der Waals surface area contributed by atoms with E-state index >= 15 is 0 Å². The standard InChI is InChI=1S/C17H20N6O2.2CH4O3S/c1-11-3-4-14(25-8-7-23-6-5-20-10-23)15-12(11)9-13(21-15)16(24)22(2)17(18)19;2*1-5(2,3)4/h3-6,9-10,21H,7-8H2,1-2H3,(H3,18,19);2*1H3,(H,2,3,4). The van der Waals surface area contributed by atoms with E-state index in [4.69, 9.17) is 25.0 Å². The van der Waals surface area contributed by atoms with Gasteiger partial charge in [-0.15, -0.1) is 0 Å².